The van der Waals surface area contributed by atoms with Crippen LogP contribution < -0.4 is 10.6 Å². The van der Waals surface area contributed by atoms with Gasteiger partial charge in [-0.2, -0.15) is 0 Å². The van der Waals surface area contributed by atoms with Gasteiger partial charge in [-0.05, 0) is 35.7 Å². The smallest absolute Gasteiger partial charge is 0.308 e. The Balaban J connectivity index is 1.71. The van der Waals surface area contributed by atoms with Gasteiger partial charge in [0, 0.05) is 18.1 Å². The molecule has 2 amide bonds. The van der Waals surface area contributed by atoms with E-state index in [1.165, 1.54) is 5.56 Å². The minimum absolute atomic E-state index is 0.278. The molecule has 3 aromatic rings. The summed E-state index contributed by atoms with van der Waals surface area (Å²) in [5, 5.41) is 5.74. The molecule has 2 aromatic carbocycles. The number of hydrogen-bond donors (Lipinski definition) is 2. The largest absolute Gasteiger partial charge is 0.323 e. The highest BCUT2D eigenvalue weighted by Gasteiger charge is 2.08. The van der Waals surface area contributed by atoms with E-state index in [0.29, 0.717) is 11.6 Å². The fourth-order valence-electron chi connectivity index (χ4n) is 2.44. The number of benzene rings is 2. The monoisotopic (exact) mass is 320 g/mol. The van der Waals surface area contributed by atoms with Crippen LogP contribution in [-0.2, 0) is 0 Å². The van der Waals surface area contributed by atoms with E-state index in [2.05, 4.69) is 29.5 Å². The Morgan fingerprint density at radius 2 is 1.79 bits per heavy atom. The summed E-state index contributed by atoms with van der Waals surface area (Å²) in [6, 6.07) is 15.2. The van der Waals surface area contributed by atoms with Gasteiger partial charge in [0.05, 0.1) is 17.7 Å². The minimum Gasteiger partial charge on any atom is -0.308 e. The van der Waals surface area contributed by atoms with Crippen molar-refractivity contribution in [2.24, 2.45) is 0 Å². The van der Waals surface area contributed by atoms with E-state index >= 15 is 0 Å². The van der Waals surface area contributed by atoms with Crippen molar-refractivity contribution in [1.29, 1.82) is 0 Å². The Morgan fingerprint density at radius 1 is 1.04 bits per heavy atom. The lowest BCUT2D eigenvalue weighted by molar-refractivity contribution is 0.262. The van der Waals surface area contributed by atoms with Crippen LogP contribution in [-0.4, -0.2) is 15.6 Å². The first kappa shape index (κ1) is 15.8. The summed E-state index contributed by atoms with van der Waals surface area (Å²) < 4.78 is 1.85. The fraction of sp³-hybridized carbons (Fsp3) is 0.158. The molecule has 5 nitrogen and oxygen atoms in total. The van der Waals surface area contributed by atoms with Crippen molar-refractivity contribution in [1.82, 2.24) is 9.55 Å². The average Bonchev–Trinajstić information content (AvgIpc) is 3.10. The van der Waals surface area contributed by atoms with Crippen LogP contribution in [0.25, 0.3) is 5.69 Å². The normalized spacial score (nSPS) is 10.6. The Hall–Kier alpha value is -3.08. The first-order valence-electron chi connectivity index (χ1n) is 7.89. The molecular weight excluding hydrogens is 300 g/mol. The van der Waals surface area contributed by atoms with Gasteiger partial charge in [0.15, 0.2) is 0 Å². The number of imidazole rings is 1. The zero-order chi connectivity index (χ0) is 16.9. The third kappa shape index (κ3) is 3.63. The summed E-state index contributed by atoms with van der Waals surface area (Å²) >= 11 is 0. The quantitative estimate of drug-likeness (QED) is 0.735. The number of nitrogens with zero attached hydrogens (tertiary/aromatic N) is 2. The first-order chi connectivity index (χ1) is 11.6. The number of urea groups is 1. The molecule has 0 bridgehead atoms. The molecule has 1 aromatic heterocycles. The number of rotatable bonds is 4. The third-order valence-corrected chi connectivity index (χ3v) is 3.77. The Kier molecular flexibility index (Phi) is 4.61. The van der Waals surface area contributed by atoms with Crippen molar-refractivity contribution in [2.75, 3.05) is 10.6 Å². The predicted molar refractivity (Wildman–Crippen MR) is 96.7 cm³/mol. The number of carbonyl (C=O) groups is 1. The first-order valence-corrected chi connectivity index (χ1v) is 7.89. The highest BCUT2D eigenvalue weighted by atomic mass is 16.2. The third-order valence-electron chi connectivity index (χ3n) is 3.77. The number of anilines is 2. The number of aromatic nitrogens is 2. The van der Waals surface area contributed by atoms with Crippen LogP contribution >= 0.6 is 0 Å². The Labute approximate surface area is 141 Å². The van der Waals surface area contributed by atoms with Gasteiger partial charge >= 0.3 is 6.03 Å². The molecule has 0 saturated heterocycles. The van der Waals surface area contributed by atoms with Crippen molar-refractivity contribution in [3.05, 3.63) is 72.8 Å². The minimum atomic E-state index is -0.278. The molecule has 0 aliphatic carbocycles. The van der Waals surface area contributed by atoms with E-state index in [9.17, 15) is 4.79 Å². The van der Waals surface area contributed by atoms with E-state index < -0.39 is 0 Å². The number of hydrogen-bond acceptors (Lipinski definition) is 2. The fourth-order valence-corrected chi connectivity index (χ4v) is 2.44. The molecule has 122 valence electrons. The topological polar surface area (TPSA) is 59.0 Å². The van der Waals surface area contributed by atoms with Crippen molar-refractivity contribution in [2.45, 2.75) is 19.8 Å². The lowest BCUT2D eigenvalue weighted by atomic mass is 10.0. The van der Waals surface area contributed by atoms with Crippen molar-refractivity contribution >= 4 is 17.4 Å². The molecular formula is C19H20N4O. The van der Waals surface area contributed by atoms with E-state index in [-0.39, 0.29) is 6.03 Å². The van der Waals surface area contributed by atoms with E-state index in [1.807, 2.05) is 59.3 Å². The molecule has 0 saturated carbocycles. The molecule has 1 heterocycles. The van der Waals surface area contributed by atoms with Crippen molar-refractivity contribution < 1.29 is 4.79 Å². The molecule has 2 N–H and O–H groups in total. The van der Waals surface area contributed by atoms with Crippen molar-refractivity contribution in [3.63, 3.8) is 0 Å². The van der Waals surface area contributed by atoms with Gasteiger partial charge in [-0.25, -0.2) is 9.78 Å². The maximum absolute atomic E-state index is 12.3. The second-order valence-electron chi connectivity index (χ2n) is 5.84. The van der Waals surface area contributed by atoms with E-state index in [1.54, 1.807) is 12.5 Å². The summed E-state index contributed by atoms with van der Waals surface area (Å²) in [6.07, 6.45) is 5.24. The summed E-state index contributed by atoms with van der Waals surface area (Å²) in [6.45, 7) is 4.28. The Bertz CT molecular complexity index is 808. The van der Waals surface area contributed by atoms with Crippen LogP contribution in [0.5, 0.6) is 0 Å². The van der Waals surface area contributed by atoms with E-state index in [0.717, 1.165) is 11.4 Å². The molecule has 0 aliphatic heterocycles. The van der Waals surface area contributed by atoms with Crippen LogP contribution in [0.1, 0.15) is 25.3 Å². The lowest BCUT2D eigenvalue weighted by Crippen LogP contribution is -2.20. The maximum atomic E-state index is 12.3. The van der Waals surface area contributed by atoms with Gasteiger partial charge in [-0.15, -0.1) is 0 Å². The highest BCUT2D eigenvalue weighted by molar-refractivity contribution is 6.01. The zero-order valence-electron chi connectivity index (χ0n) is 13.7. The van der Waals surface area contributed by atoms with Crippen molar-refractivity contribution in [3.8, 4) is 5.69 Å². The molecule has 0 radical (unpaired) electrons. The van der Waals surface area contributed by atoms with Gasteiger partial charge in [0.1, 0.15) is 0 Å². The predicted octanol–water partition coefficient (Wildman–Crippen LogP) is 4.64. The standard InChI is InChI=1S/C19H20N4O/c1-14(2)15-7-9-16(10-8-15)21-19(24)22-17-5-3-4-6-18(17)23-12-11-20-13-23/h3-14H,1-2H3,(H2,21,22,24). The van der Waals surface area contributed by atoms with Gasteiger partial charge in [-0.3, -0.25) is 0 Å². The molecule has 0 atom stereocenters. The number of carbonyl (C=O) groups excluding carboxylic acids is 1. The van der Waals surface area contributed by atoms with Gasteiger partial charge < -0.3 is 15.2 Å². The Morgan fingerprint density at radius 3 is 2.46 bits per heavy atom. The van der Waals surface area contributed by atoms with Crippen LogP contribution in [0.4, 0.5) is 16.2 Å². The summed E-state index contributed by atoms with van der Waals surface area (Å²) in [7, 11) is 0. The highest BCUT2D eigenvalue weighted by Crippen LogP contribution is 2.21. The lowest BCUT2D eigenvalue weighted by Gasteiger charge is -2.13. The molecule has 0 fully saturated rings. The molecule has 5 heteroatoms. The molecule has 24 heavy (non-hydrogen) atoms. The van der Waals surface area contributed by atoms with Crippen LogP contribution in [0.3, 0.4) is 0 Å². The second kappa shape index (κ2) is 7.00. The summed E-state index contributed by atoms with van der Waals surface area (Å²) in [5.74, 6) is 0.468. The second-order valence-corrected chi connectivity index (χ2v) is 5.84. The molecule has 0 unspecified atom stereocenters. The number of para-hydroxylation sites is 2. The van der Waals surface area contributed by atoms with Gasteiger partial charge in [0.25, 0.3) is 0 Å². The molecule has 0 aliphatic rings. The molecule has 0 spiro atoms. The number of amides is 2. The van der Waals surface area contributed by atoms with E-state index in [4.69, 9.17) is 0 Å². The van der Waals surface area contributed by atoms with Crippen LogP contribution in [0, 0.1) is 0 Å². The zero-order valence-corrected chi connectivity index (χ0v) is 13.7. The van der Waals surface area contributed by atoms with Crippen LogP contribution in [0.2, 0.25) is 0 Å². The van der Waals surface area contributed by atoms with Gasteiger partial charge in [0.2, 0.25) is 0 Å². The maximum Gasteiger partial charge on any atom is 0.323 e. The average molecular weight is 320 g/mol. The molecule has 3 rings (SSSR count). The summed E-state index contributed by atoms with van der Waals surface area (Å²) in [4.78, 5) is 16.3. The van der Waals surface area contributed by atoms with Gasteiger partial charge in [-0.1, -0.05) is 38.1 Å². The summed E-state index contributed by atoms with van der Waals surface area (Å²) in [5.41, 5.74) is 3.58. The van der Waals surface area contributed by atoms with Crippen LogP contribution in [0.15, 0.2) is 67.3 Å². The SMILES string of the molecule is CC(C)c1ccc(NC(=O)Nc2ccccc2-n2ccnc2)cc1. The number of nitrogens with one attached hydrogen (secondary N) is 2.